The molecular formula is C18H23N3O3. The number of anilines is 1. The number of carbonyl (C=O) groups is 2. The highest BCUT2D eigenvalue weighted by Crippen LogP contribution is 2.25. The van der Waals surface area contributed by atoms with Crippen LogP contribution in [-0.4, -0.2) is 26.8 Å². The summed E-state index contributed by atoms with van der Waals surface area (Å²) in [5, 5.41) is 16.3. The molecule has 2 rings (SSSR count). The number of aryl methyl sites for hydroxylation is 2. The number of benzene rings is 1. The van der Waals surface area contributed by atoms with Crippen LogP contribution >= 0.6 is 0 Å². The molecule has 1 heterocycles. The van der Waals surface area contributed by atoms with Gasteiger partial charge in [-0.1, -0.05) is 12.1 Å². The van der Waals surface area contributed by atoms with E-state index in [2.05, 4.69) is 10.4 Å². The van der Waals surface area contributed by atoms with Crippen molar-refractivity contribution in [3.63, 3.8) is 0 Å². The zero-order chi connectivity index (χ0) is 18.0. The fraction of sp³-hybridized carbons (Fsp3) is 0.389. The van der Waals surface area contributed by atoms with Gasteiger partial charge in [0.1, 0.15) is 0 Å². The van der Waals surface area contributed by atoms with Gasteiger partial charge in [-0.15, -0.1) is 0 Å². The summed E-state index contributed by atoms with van der Waals surface area (Å²) in [6.07, 6.45) is 0. The van der Waals surface area contributed by atoms with Crippen LogP contribution in [0.5, 0.6) is 0 Å². The van der Waals surface area contributed by atoms with E-state index in [4.69, 9.17) is 5.11 Å². The van der Waals surface area contributed by atoms with E-state index in [9.17, 15) is 9.59 Å². The number of hydrogen-bond donors (Lipinski definition) is 2. The standard InChI is InChI=1S/C18H23N3O3/c1-10(18(23)24)14-6-8-15(9-7-14)19-17(22)11(2)16-12(3)20-21(5)13(16)4/h6-11H,1-5H3,(H,19,22)(H,23,24). The average molecular weight is 329 g/mol. The van der Waals surface area contributed by atoms with Crippen molar-refractivity contribution in [2.75, 3.05) is 5.32 Å². The first-order valence-corrected chi connectivity index (χ1v) is 7.86. The van der Waals surface area contributed by atoms with E-state index in [1.165, 1.54) is 0 Å². The van der Waals surface area contributed by atoms with Crippen molar-refractivity contribution in [3.8, 4) is 0 Å². The molecule has 0 aliphatic rings. The van der Waals surface area contributed by atoms with Crippen LogP contribution in [0.4, 0.5) is 5.69 Å². The second-order valence-electron chi connectivity index (χ2n) is 6.10. The normalized spacial score (nSPS) is 13.4. The van der Waals surface area contributed by atoms with Gasteiger partial charge in [-0.25, -0.2) is 0 Å². The molecule has 6 nitrogen and oxygen atoms in total. The molecule has 0 saturated carbocycles. The SMILES string of the molecule is Cc1nn(C)c(C)c1C(C)C(=O)Nc1ccc(C(C)C(=O)O)cc1. The minimum absolute atomic E-state index is 0.117. The molecule has 0 saturated heterocycles. The summed E-state index contributed by atoms with van der Waals surface area (Å²) in [6.45, 7) is 7.33. The molecule has 0 bridgehead atoms. The number of rotatable bonds is 5. The molecule has 2 unspecified atom stereocenters. The number of aliphatic carboxylic acids is 1. The minimum atomic E-state index is -0.872. The van der Waals surface area contributed by atoms with Crippen LogP contribution < -0.4 is 5.32 Å². The number of aromatic nitrogens is 2. The summed E-state index contributed by atoms with van der Waals surface area (Å²) >= 11 is 0. The molecule has 24 heavy (non-hydrogen) atoms. The molecule has 2 aromatic rings. The van der Waals surface area contributed by atoms with Gasteiger partial charge in [0.25, 0.3) is 0 Å². The van der Waals surface area contributed by atoms with Gasteiger partial charge in [-0.05, 0) is 45.4 Å². The highest BCUT2D eigenvalue weighted by molar-refractivity contribution is 5.96. The molecule has 128 valence electrons. The second kappa shape index (κ2) is 6.86. The largest absolute Gasteiger partial charge is 0.481 e. The summed E-state index contributed by atoms with van der Waals surface area (Å²) in [5.41, 5.74) is 4.11. The van der Waals surface area contributed by atoms with Crippen LogP contribution in [0.1, 0.15) is 48.2 Å². The summed E-state index contributed by atoms with van der Waals surface area (Å²) in [5.74, 6) is -1.89. The Bertz CT molecular complexity index is 763. The van der Waals surface area contributed by atoms with E-state index in [1.807, 2.05) is 27.8 Å². The van der Waals surface area contributed by atoms with E-state index in [0.29, 0.717) is 11.3 Å². The smallest absolute Gasteiger partial charge is 0.310 e. The lowest BCUT2D eigenvalue weighted by molar-refractivity contribution is -0.138. The molecule has 6 heteroatoms. The van der Waals surface area contributed by atoms with Crippen LogP contribution in [0.15, 0.2) is 24.3 Å². The Kier molecular flexibility index (Phi) is 5.07. The zero-order valence-electron chi connectivity index (χ0n) is 14.6. The number of carboxylic acid groups (broad SMARTS) is 1. The molecule has 1 amide bonds. The Morgan fingerprint density at radius 2 is 1.71 bits per heavy atom. The Morgan fingerprint density at radius 3 is 2.17 bits per heavy atom. The lowest BCUT2D eigenvalue weighted by Gasteiger charge is -2.14. The first kappa shape index (κ1) is 17.7. The van der Waals surface area contributed by atoms with Gasteiger partial charge < -0.3 is 10.4 Å². The number of hydrogen-bond acceptors (Lipinski definition) is 3. The minimum Gasteiger partial charge on any atom is -0.481 e. The molecule has 1 aromatic heterocycles. The summed E-state index contributed by atoms with van der Waals surface area (Å²) < 4.78 is 1.77. The second-order valence-corrected chi connectivity index (χ2v) is 6.10. The van der Waals surface area contributed by atoms with E-state index < -0.39 is 11.9 Å². The first-order chi connectivity index (χ1) is 11.2. The third-order valence-corrected chi connectivity index (χ3v) is 4.44. The van der Waals surface area contributed by atoms with Gasteiger partial charge in [0.05, 0.1) is 17.5 Å². The molecular weight excluding hydrogens is 306 g/mol. The highest BCUT2D eigenvalue weighted by atomic mass is 16.4. The Labute approximate surface area is 141 Å². The van der Waals surface area contributed by atoms with E-state index in [1.54, 1.807) is 35.9 Å². The molecule has 1 aromatic carbocycles. The topological polar surface area (TPSA) is 84.2 Å². The maximum absolute atomic E-state index is 12.5. The number of amides is 1. The molecule has 0 aliphatic heterocycles. The molecule has 0 aliphatic carbocycles. The van der Waals surface area contributed by atoms with Crippen molar-refractivity contribution in [1.29, 1.82) is 0 Å². The van der Waals surface area contributed by atoms with E-state index in [0.717, 1.165) is 17.0 Å². The van der Waals surface area contributed by atoms with Crippen LogP contribution in [-0.2, 0) is 16.6 Å². The van der Waals surface area contributed by atoms with Gasteiger partial charge in [-0.2, -0.15) is 5.10 Å². The monoisotopic (exact) mass is 329 g/mol. The van der Waals surface area contributed by atoms with Crippen molar-refractivity contribution in [2.45, 2.75) is 39.5 Å². The van der Waals surface area contributed by atoms with E-state index >= 15 is 0 Å². The average Bonchev–Trinajstić information content (AvgIpc) is 2.79. The summed E-state index contributed by atoms with van der Waals surface area (Å²) in [7, 11) is 1.86. The third-order valence-electron chi connectivity index (χ3n) is 4.44. The number of nitrogens with one attached hydrogen (secondary N) is 1. The van der Waals surface area contributed by atoms with Crippen molar-refractivity contribution in [3.05, 3.63) is 46.8 Å². The quantitative estimate of drug-likeness (QED) is 0.883. The van der Waals surface area contributed by atoms with Gasteiger partial charge in [0, 0.05) is 24.0 Å². The van der Waals surface area contributed by atoms with Crippen molar-refractivity contribution in [2.24, 2.45) is 7.05 Å². The van der Waals surface area contributed by atoms with Crippen molar-refractivity contribution in [1.82, 2.24) is 9.78 Å². The first-order valence-electron chi connectivity index (χ1n) is 7.86. The fourth-order valence-electron chi connectivity index (χ4n) is 2.80. The maximum atomic E-state index is 12.5. The third kappa shape index (κ3) is 3.48. The van der Waals surface area contributed by atoms with Gasteiger partial charge in [0.2, 0.25) is 5.91 Å². The predicted octanol–water partition coefficient (Wildman–Crippen LogP) is 2.97. The molecule has 2 N–H and O–H groups in total. The molecule has 0 spiro atoms. The van der Waals surface area contributed by atoms with Gasteiger partial charge in [-0.3, -0.25) is 14.3 Å². The van der Waals surface area contributed by atoms with E-state index in [-0.39, 0.29) is 11.8 Å². The van der Waals surface area contributed by atoms with Gasteiger partial charge >= 0.3 is 5.97 Å². The van der Waals surface area contributed by atoms with Gasteiger partial charge in [0.15, 0.2) is 0 Å². The Morgan fingerprint density at radius 1 is 1.12 bits per heavy atom. The van der Waals surface area contributed by atoms with Crippen LogP contribution in [0.25, 0.3) is 0 Å². The van der Waals surface area contributed by atoms with Crippen LogP contribution in [0, 0.1) is 13.8 Å². The van der Waals surface area contributed by atoms with Crippen LogP contribution in [0.3, 0.4) is 0 Å². The maximum Gasteiger partial charge on any atom is 0.310 e. The zero-order valence-corrected chi connectivity index (χ0v) is 14.6. The van der Waals surface area contributed by atoms with Crippen molar-refractivity contribution >= 4 is 17.6 Å². The number of carbonyl (C=O) groups excluding carboxylic acids is 1. The number of carboxylic acids is 1. The molecule has 0 fully saturated rings. The number of nitrogens with zero attached hydrogens (tertiary/aromatic N) is 2. The molecule has 0 radical (unpaired) electrons. The summed E-state index contributed by atoms with van der Waals surface area (Å²) in [6, 6.07) is 6.89. The molecule has 2 atom stereocenters. The van der Waals surface area contributed by atoms with Crippen molar-refractivity contribution < 1.29 is 14.7 Å². The predicted molar refractivity (Wildman–Crippen MR) is 92.2 cm³/mol. The Balaban J connectivity index is 2.13. The lowest BCUT2D eigenvalue weighted by Crippen LogP contribution is -2.20. The van der Waals surface area contributed by atoms with Crippen LogP contribution in [0.2, 0.25) is 0 Å². The lowest BCUT2D eigenvalue weighted by atomic mass is 9.98. The Hall–Kier alpha value is -2.63. The highest BCUT2D eigenvalue weighted by Gasteiger charge is 2.22. The summed E-state index contributed by atoms with van der Waals surface area (Å²) in [4.78, 5) is 23.5. The fourth-order valence-corrected chi connectivity index (χ4v) is 2.80.